The number of amides is 3. The molecule has 42 heavy (non-hydrogen) atoms. The largest absolute Gasteiger partial charge is 0.476 e. The summed E-state index contributed by atoms with van der Waals surface area (Å²) in [5.41, 5.74) is 1.53. The smallest absolute Gasteiger partial charge is 0.410 e. The number of thiol groups is 1. The molecular formula is C31H46N4O6S. The lowest BCUT2D eigenvalue weighted by Crippen LogP contribution is -2.46. The van der Waals surface area contributed by atoms with Crippen molar-refractivity contribution in [2.24, 2.45) is 5.92 Å². The fourth-order valence-corrected chi connectivity index (χ4v) is 4.23. The second-order valence-electron chi connectivity index (χ2n) is 10.6. The van der Waals surface area contributed by atoms with Gasteiger partial charge in [0.25, 0.3) is 0 Å². The predicted molar refractivity (Wildman–Crippen MR) is 169 cm³/mol. The molecule has 1 aliphatic rings. The van der Waals surface area contributed by atoms with Crippen LogP contribution in [0.15, 0.2) is 36.5 Å². The molecule has 10 nitrogen and oxygen atoms in total. The Kier molecular flexibility index (Phi) is 15.1. The standard InChI is InChI=1S/C28H36N4O6.C2H6.CH4S/c1-6-18-8-7-9-20(12-18)21-14-22(25(26(35)36)29-15-21)30-23(33)17-32(27(37)38-28(2,3)4)16-19-10-11-31(5)24(34)13-19;2*1-2/h7-9,12,14-15,19H,6,10-11,13,16-17H2,1-5H3,(H,30,33)(H,35,36);1-2H3;2H,1H3. The van der Waals surface area contributed by atoms with Crippen molar-refractivity contribution in [1.29, 1.82) is 0 Å². The van der Waals surface area contributed by atoms with Gasteiger partial charge in [0, 0.05) is 38.3 Å². The van der Waals surface area contributed by atoms with E-state index >= 15 is 0 Å². The number of rotatable bonds is 8. The van der Waals surface area contributed by atoms with Crippen LogP contribution in [0.5, 0.6) is 0 Å². The van der Waals surface area contributed by atoms with E-state index in [4.69, 9.17) is 4.74 Å². The molecule has 1 saturated heterocycles. The molecule has 0 saturated carbocycles. The van der Waals surface area contributed by atoms with Gasteiger partial charge >= 0.3 is 12.1 Å². The number of aromatic carboxylic acids is 1. The molecule has 1 aromatic heterocycles. The van der Waals surface area contributed by atoms with Crippen LogP contribution >= 0.6 is 12.6 Å². The second-order valence-corrected chi connectivity index (χ2v) is 10.6. The summed E-state index contributed by atoms with van der Waals surface area (Å²) in [5.74, 6) is -2.03. The zero-order chi connectivity index (χ0) is 32.0. The molecule has 2 N–H and O–H groups in total. The van der Waals surface area contributed by atoms with E-state index in [1.165, 1.54) is 11.1 Å². The molecule has 0 bridgehead atoms. The molecule has 232 valence electrons. The number of hydrogen-bond acceptors (Lipinski definition) is 7. The van der Waals surface area contributed by atoms with Gasteiger partial charge in [-0.15, -0.1) is 0 Å². The number of piperidine rings is 1. The van der Waals surface area contributed by atoms with Gasteiger partial charge in [0.15, 0.2) is 5.69 Å². The molecule has 1 unspecified atom stereocenters. The number of carboxylic acids is 1. The van der Waals surface area contributed by atoms with Gasteiger partial charge < -0.3 is 20.1 Å². The first-order chi connectivity index (χ1) is 19.9. The van der Waals surface area contributed by atoms with E-state index in [-0.39, 0.29) is 42.7 Å². The second kappa shape index (κ2) is 17.4. The van der Waals surface area contributed by atoms with Gasteiger partial charge in [-0.2, -0.15) is 12.6 Å². The molecule has 11 heteroatoms. The fraction of sp³-hybridized carbons (Fsp3) is 0.516. The van der Waals surface area contributed by atoms with Crippen molar-refractivity contribution < 1.29 is 29.0 Å². The zero-order valence-electron chi connectivity index (χ0n) is 26.1. The summed E-state index contributed by atoms with van der Waals surface area (Å²) in [5, 5.41) is 12.3. The van der Waals surface area contributed by atoms with Gasteiger partial charge in [-0.1, -0.05) is 45.0 Å². The molecule has 1 fully saturated rings. The Bertz CT molecular complexity index is 1210. The number of pyridine rings is 1. The topological polar surface area (TPSA) is 129 Å². The monoisotopic (exact) mass is 602 g/mol. The highest BCUT2D eigenvalue weighted by atomic mass is 32.1. The molecule has 1 aliphatic heterocycles. The molecular weight excluding hydrogens is 556 g/mol. The number of carbonyl (C=O) groups is 4. The van der Waals surface area contributed by atoms with Crippen LogP contribution in [0.2, 0.25) is 0 Å². The lowest BCUT2D eigenvalue weighted by atomic mass is 9.96. The fourth-order valence-electron chi connectivity index (χ4n) is 4.23. The third-order valence-electron chi connectivity index (χ3n) is 6.26. The Morgan fingerprint density at radius 1 is 1.17 bits per heavy atom. The van der Waals surface area contributed by atoms with Crippen LogP contribution in [0.3, 0.4) is 0 Å². The van der Waals surface area contributed by atoms with Crippen LogP contribution in [-0.4, -0.2) is 82.3 Å². The molecule has 0 radical (unpaired) electrons. The summed E-state index contributed by atoms with van der Waals surface area (Å²) < 4.78 is 5.51. The Hall–Kier alpha value is -3.60. The van der Waals surface area contributed by atoms with Gasteiger partial charge in [-0.3, -0.25) is 14.5 Å². The number of benzene rings is 1. The highest BCUT2D eigenvalue weighted by molar-refractivity contribution is 7.79. The SMILES string of the molecule is CC.CCc1cccc(-c2cnc(C(=O)O)c(NC(=O)CN(CC3CCN(C)C(=O)C3)C(=O)OC(C)(C)C)c2)c1.CS. The van der Waals surface area contributed by atoms with Crippen molar-refractivity contribution in [2.45, 2.75) is 66.4 Å². The van der Waals surface area contributed by atoms with Crippen molar-refractivity contribution in [2.75, 3.05) is 38.3 Å². The van der Waals surface area contributed by atoms with Gasteiger partial charge in [0.05, 0.1) is 5.69 Å². The van der Waals surface area contributed by atoms with Crippen LogP contribution in [0.1, 0.15) is 70.4 Å². The first-order valence-corrected chi connectivity index (χ1v) is 15.0. The van der Waals surface area contributed by atoms with Crippen molar-refractivity contribution in [3.63, 3.8) is 0 Å². The van der Waals surface area contributed by atoms with E-state index in [0.717, 1.165) is 17.5 Å². The lowest BCUT2D eigenvalue weighted by Gasteiger charge is -2.33. The number of carbonyl (C=O) groups excluding carboxylic acids is 3. The minimum absolute atomic E-state index is 0.0176. The van der Waals surface area contributed by atoms with E-state index in [1.54, 1.807) is 45.0 Å². The van der Waals surface area contributed by atoms with Crippen molar-refractivity contribution in [1.82, 2.24) is 14.8 Å². The van der Waals surface area contributed by atoms with Gasteiger partial charge in [0.1, 0.15) is 12.1 Å². The molecule has 1 aromatic carbocycles. The number of aryl methyl sites for hydroxylation is 1. The van der Waals surface area contributed by atoms with Gasteiger partial charge in [0.2, 0.25) is 11.8 Å². The van der Waals surface area contributed by atoms with Crippen molar-refractivity contribution in [3.05, 3.63) is 47.8 Å². The number of anilines is 1. The third-order valence-corrected chi connectivity index (χ3v) is 6.26. The lowest BCUT2D eigenvalue weighted by molar-refractivity contribution is -0.133. The maximum absolute atomic E-state index is 13.1. The van der Waals surface area contributed by atoms with E-state index in [1.807, 2.05) is 45.0 Å². The summed E-state index contributed by atoms with van der Waals surface area (Å²) in [6.07, 6.45) is 4.26. The summed E-state index contributed by atoms with van der Waals surface area (Å²) in [4.78, 5) is 57.1. The van der Waals surface area contributed by atoms with Crippen LogP contribution in [0.4, 0.5) is 10.5 Å². The number of aromatic nitrogens is 1. The summed E-state index contributed by atoms with van der Waals surface area (Å²) in [7, 11) is 1.73. The van der Waals surface area contributed by atoms with E-state index < -0.39 is 23.6 Å². The quantitative estimate of drug-likeness (QED) is 0.334. The maximum Gasteiger partial charge on any atom is 0.410 e. The Labute approximate surface area is 255 Å². The summed E-state index contributed by atoms with van der Waals surface area (Å²) in [6, 6.07) is 9.33. The number of likely N-dealkylation sites (tertiary alicyclic amines) is 1. The first kappa shape index (κ1) is 36.4. The number of carboxylic acid groups (broad SMARTS) is 1. The zero-order valence-corrected chi connectivity index (χ0v) is 27.0. The van der Waals surface area contributed by atoms with Crippen molar-refractivity contribution >= 4 is 42.2 Å². The average molecular weight is 603 g/mol. The number of nitrogens with one attached hydrogen (secondary N) is 1. The predicted octanol–water partition coefficient (Wildman–Crippen LogP) is 5.63. The van der Waals surface area contributed by atoms with Crippen LogP contribution in [0, 0.1) is 5.92 Å². The number of nitrogens with zero attached hydrogens (tertiary/aromatic N) is 3. The molecule has 2 aromatic rings. The maximum atomic E-state index is 13.1. The minimum Gasteiger partial charge on any atom is -0.476 e. The van der Waals surface area contributed by atoms with Crippen LogP contribution in [-0.2, 0) is 20.7 Å². The Morgan fingerprint density at radius 3 is 2.40 bits per heavy atom. The molecule has 0 aliphatic carbocycles. The first-order valence-electron chi connectivity index (χ1n) is 14.2. The Balaban J connectivity index is 0.00000211. The van der Waals surface area contributed by atoms with E-state index in [9.17, 15) is 24.3 Å². The number of hydrogen-bond donors (Lipinski definition) is 3. The highest BCUT2D eigenvalue weighted by Gasteiger charge is 2.30. The molecule has 2 heterocycles. The normalized spacial score (nSPS) is 14.5. The van der Waals surface area contributed by atoms with E-state index in [2.05, 4.69) is 22.9 Å². The molecule has 3 amide bonds. The number of ether oxygens (including phenoxy) is 1. The highest BCUT2D eigenvalue weighted by Crippen LogP contribution is 2.26. The van der Waals surface area contributed by atoms with Crippen LogP contribution in [0.25, 0.3) is 11.1 Å². The van der Waals surface area contributed by atoms with Crippen molar-refractivity contribution in [3.8, 4) is 11.1 Å². The minimum atomic E-state index is -1.29. The summed E-state index contributed by atoms with van der Waals surface area (Å²) >= 11 is 3.53. The summed E-state index contributed by atoms with van der Waals surface area (Å²) in [6.45, 7) is 11.6. The molecule has 0 spiro atoms. The molecule has 3 rings (SSSR count). The average Bonchev–Trinajstić information content (AvgIpc) is 2.95. The van der Waals surface area contributed by atoms with E-state index in [0.29, 0.717) is 18.5 Å². The van der Waals surface area contributed by atoms with Gasteiger partial charge in [-0.05, 0) is 63.0 Å². The van der Waals surface area contributed by atoms with Crippen LogP contribution < -0.4 is 5.32 Å². The molecule has 1 atom stereocenters. The van der Waals surface area contributed by atoms with Gasteiger partial charge in [-0.25, -0.2) is 14.6 Å². The Morgan fingerprint density at radius 2 is 1.83 bits per heavy atom. The third kappa shape index (κ3) is 11.3.